The molecule has 9 nitrogen and oxygen atoms in total. The minimum Gasteiger partial charge on any atom is -0.496 e. The molecular formula is C21H27N7O2S. The van der Waals surface area contributed by atoms with Crippen LogP contribution in [-0.2, 0) is 17.7 Å². The molecule has 0 aromatic carbocycles. The van der Waals surface area contributed by atoms with Crippen LogP contribution in [-0.4, -0.2) is 62.9 Å². The number of nitrogens with two attached hydrogens (primary N) is 1. The second-order valence-corrected chi connectivity index (χ2v) is 9.18. The Morgan fingerprint density at radius 2 is 2.19 bits per heavy atom. The number of anilines is 1. The molecule has 0 saturated carbocycles. The molecule has 3 N–H and O–H groups in total. The van der Waals surface area contributed by atoms with E-state index in [1.807, 2.05) is 24.7 Å². The van der Waals surface area contributed by atoms with Gasteiger partial charge in [-0.05, 0) is 20.3 Å². The monoisotopic (exact) mass is 441 g/mol. The van der Waals surface area contributed by atoms with Gasteiger partial charge in [-0.1, -0.05) is 0 Å². The van der Waals surface area contributed by atoms with E-state index < -0.39 is 0 Å². The van der Waals surface area contributed by atoms with Crippen LogP contribution >= 0.6 is 11.8 Å². The lowest BCUT2D eigenvalue weighted by Crippen LogP contribution is -2.41. The van der Waals surface area contributed by atoms with Crippen LogP contribution in [0.25, 0.3) is 11.0 Å². The van der Waals surface area contributed by atoms with Crippen molar-refractivity contribution in [3.8, 4) is 5.75 Å². The third-order valence-electron chi connectivity index (χ3n) is 5.96. The maximum atomic E-state index is 6.06. The summed E-state index contributed by atoms with van der Waals surface area (Å²) in [6.45, 7) is 6.11. The maximum Gasteiger partial charge on any atom is 0.223 e. The van der Waals surface area contributed by atoms with E-state index in [9.17, 15) is 0 Å². The summed E-state index contributed by atoms with van der Waals surface area (Å²) in [5.41, 5.74) is 10.8. The van der Waals surface area contributed by atoms with E-state index >= 15 is 0 Å². The number of ether oxygens (including phenoxy) is 2. The number of pyridine rings is 1. The van der Waals surface area contributed by atoms with E-state index in [1.165, 1.54) is 0 Å². The summed E-state index contributed by atoms with van der Waals surface area (Å²) in [5.74, 6) is 2.04. The lowest BCUT2D eigenvalue weighted by molar-refractivity contribution is 0.188. The van der Waals surface area contributed by atoms with E-state index in [2.05, 4.69) is 20.3 Å². The van der Waals surface area contributed by atoms with Crippen LogP contribution in [0.3, 0.4) is 0 Å². The minimum absolute atomic E-state index is 0.268. The molecule has 10 heteroatoms. The molecule has 0 bridgehead atoms. The molecule has 2 aliphatic heterocycles. The lowest BCUT2D eigenvalue weighted by atomic mass is 10.1. The second-order valence-electron chi connectivity index (χ2n) is 8.18. The van der Waals surface area contributed by atoms with Crippen LogP contribution in [0.15, 0.2) is 11.2 Å². The SMILES string of the molecule is COc1c(C)cnc(Cn2nc3c4c(nc(N)nc42)SCC(NC2CCOC2)C3)c1C. The Morgan fingerprint density at radius 3 is 2.97 bits per heavy atom. The van der Waals surface area contributed by atoms with E-state index in [0.29, 0.717) is 12.6 Å². The lowest BCUT2D eigenvalue weighted by Gasteiger charge is -2.20. The van der Waals surface area contributed by atoms with Crippen molar-refractivity contribution >= 4 is 28.7 Å². The number of nitrogens with one attached hydrogen (secondary N) is 1. The second kappa shape index (κ2) is 8.25. The number of nitrogen functional groups attached to an aromatic ring is 1. The molecular weight excluding hydrogens is 414 g/mol. The van der Waals surface area contributed by atoms with Gasteiger partial charge in [-0.15, -0.1) is 11.8 Å². The highest BCUT2D eigenvalue weighted by molar-refractivity contribution is 7.99. The van der Waals surface area contributed by atoms with Crippen LogP contribution in [0.5, 0.6) is 5.75 Å². The van der Waals surface area contributed by atoms with Crippen molar-refractivity contribution in [1.29, 1.82) is 0 Å². The molecule has 2 atom stereocenters. The summed E-state index contributed by atoms with van der Waals surface area (Å²) in [4.78, 5) is 13.7. The van der Waals surface area contributed by atoms with Gasteiger partial charge in [-0.25, -0.2) is 9.67 Å². The van der Waals surface area contributed by atoms with Crippen LogP contribution in [0, 0.1) is 13.8 Å². The molecule has 2 aliphatic rings. The minimum atomic E-state index is 0.268. The van der Waals surface area contributed by atoms with Crippen molar-refractivity contribution in [2.45, 2.75) is 50.3 Å². The number of hydrogen-bond donors (Lipinski definition) is 2. The predicted octanol–water partition coefficient (Wildman–Crippen LogP) is 1.87. The summed E-state index contributed by atoms with van der Waals surface area (Å²) in [7, 11) is 1.69. The van der Waals surface area contributed by atoms with Gasteiger partial charge in [0.05, 0.1) is 37.0 Å². The van der Waals surface area contributed by atoms with Gasteiger partial charge >= 0.3 is 0 Å². The van der Waals surface area contributed by atoms with Crippen molar-refractivity contribution in [2.75, 3.05) is 31.8 Å². The topological polar surface area (TPSA) is 113 Å². The predicted molar refractivity (Wildman–Crippen MR) is 120 cm³/mol. The highest BCUT2D eigenvalue weighted by atomic mass is 32.2. The zero-order valence-electron chi connectivity index (χ0n) is 18.0. The molecule has 31 heavy (non-hydrogen) atoms. The third kappa shape index (κ3) is 3.83. The Balaban J connectivity index is 1.52. The normalized spacial score (nSPS) is 20.9. The van der Waals surface area contributed by atoms with Crippen molar-refractivity contribution in [3.05, 3.63) is 28.7 Å². The van der Waals surface area contributed by atoms with Gasteiger partial charge in [0.2, 0.25) is 5.95 Å². The van der Waals surface area contributed by atoms with Crippen molar-refractivity contribution < 1.29 is 9.47 Å². The molecule has 0 radical (unpaired) electrons. The summed E-state index contributed by atoms with van der Waals surface area (Å²) in [5, 5.41) is 10.6. The van der Waals surface area contributed by atoms with Gasteiger partial charge in [-0.2, -0.15) is 10.1 Å². The molecule has 0 spiro atoms. The standard InChI is InChI=1S/C21H27N7O2S/c1-11-7-23-16(12(2)18(11)29-3)8-28-19-17-15(27-28)6-14(24-13-4-5-30-9-13)10-31-20(17)26-21(22)25-19/h7,13-14,24H,4-6,8-10H2,1-3H3,(H2,22,25,26). The molecule has 5 heterocycles. The van der Waals surface area contributed by atoms with Crippen molar-refractivity contribution in [3.63, 3.8) is 0 Å². The quantitative estimate of drug-likeness (QED) is 0.573. The molecule has 1 fully saturated rings. The Labute approximate surface area is 185 Å². The molecule has 5 rings (SSSR count). The van der Waals surface area contributed by atoms with Crippen LogP contribution < -0.4 is 15.8 Å². The Kier molecular flexibility index (Phi) is 5.45. The van der Waals surface area contributed by atoms with E-state index in [4.69, 9.17) is 20.3 Å². The van der Waals surface area contributed by atoms with Gasteiger partial charge in [-0.3, -0.25) is 4.98 Å². The van der Waals surface area contributed by atoms with Crippen molar-refractivity contribution in [2.24, 2.45) is 0 Å². The zero-order valence-corrected chi connectivity index (χ0v) is 18.8. The summed E-state index contributed by atoms with van der Waals surface area (Å²) < 4.78 is 13.0. The number of hydrogen-bond acceptors (Lipinski definition) is 9. The summed E-state index contributed by atoms with van der Waals surface area (Å²) >= 11 is 1.72. The number of methoxy groups -OCH3 is 1. The number of nitrogens with zero attached hydrogens (tertiary/aromatic N) is 5. The van der Waals surface area contributed by atoms with Gasteiger partial charge < -0.3 is 20.5 Å². The fourth-order valence-corrected chi connectivity index (χ4v) is 5.52. The largest absolute Gasteiger partial charge is 0.496 e. The van der Waals surface area contributed by atoms with Crippen LogP contribution in [0.4, 0.5) is 5.95 Å². The fraction of sp³-hybridized carbons (Fsp3) is 0.524. The van der Waals surface area contributed by atoms with E-state index in [1.54, 1.807) is 18.9 Å². The number of thioether (sulfide) groups is 1. The summed E-state index contributed by atoms with van der Waals surface area (Å²) in [6, 6.07) is 0.686. The average Bonchev–Trinajstić information content (AvgIpc) is 3.32. The van der Waals surface area contributed by atoms with Gasteiger partial charge in [0.15, 0.2) is 5.65 Å². The first-order chi connectivity index (χ1) is 15.0. The Morgan fingerprint density at radius 1 is 1.32 bits per heavy atom. The van der Waals surface area contributed by atoms with E-state index in [-0.39, 0.29) is 12.0 Å². The Hall–Kier alpha value is -2.43. The van der Waals surface area contributed by atoms with Crippen molar-refractivity contribution in [1.82, 2.24) is 30.0 Å². The number of aryl methyl sites for hydroxylation is 1. The molecule has 164 valence electrons. The van der Waals surface area contributed by atoms with Gasteiger partial charge in [0.25, 0.3) is 0 Å². The third-order valence-corrected chi connectivity index (χ3v) is 7.10. The first-order valence-electron chi connectivity index (χ1n) is 10.5. The highest BCUT2D eigenvalue weighted by Crippen LogP contribution is 2.34. The zero-order chi connectivity index (χ0) is 21.5. The molecule has 1 saturated heterocycles. The smallest absolute Gasteiger partial charge is 0.223 e. The highest BCUT2D eigenvalue weighted by Gasteiger charge is 2.28. The molecule has 3 aromatic rings. The van der Waals surface area contributed by atoms with Crippen LogP contribution in [0.2, 0.25) is 0 Å². The number of aromatic nitrogens is 5. The fourth-order valence-electron chi connectivity index (χ4n) is 4.44. The first-order valence-corrected chi connectivity index (χ1v) is 11.5. The first kappa shape index (κ1) is 20.5. The molecule has 0 aliphatic carbocycles. The molecule has 3 aromatic heterocycles. The number of rotatable bonds is 5. The van der Waals surface area contributed by atoms with E-state index in [0.717, 1.165) is 76.1 Å². The maximum absolute atomic E-state index is 6.06. The average molecular weight is 442 g/mol. The Bertz CT molecular complexity index is 1130. The van der Waals surface area contributed by atoms with Gasteiger partial charge in [0.1, 0.15) is 10.8 Å². The molecule has 2 unspecified atom stereocenters. The van der Waals surface area contributed by atoms with Crippen LogP contribution in [0.1, 0.15) is 28.9 Å². The summed E-state index contributed by atoms with van der Waals surface area (Å²) in [6.07, 6.45) is 3.70. The molecule has 0 amide bonds. The van der Waals surface area contributed by atoms with Gasteiger partial charge in [0, 0.05) is 48.2 Å².